The van der Waals surface area contributed by atoms with E-state index in [9.17, 15) is 4.79 Å². The van der Waals surface area contributed by atoms with Gasteiger partial charge in [-0.25, -0.2) is 9.69 Å². The summed E-state index contributed by atoms with van der Waals surface area (Å²) in [6.45, 7) is 6.35. The van der Waals surface area contributed by atoms with E-state index in [1.165, 1.54) is 0 Å². The highest BCUT2D eigenvalue weighted by molar-refractivity contribution is 5.91. The molecular formula is C11H24N4O2. The fourth-order valence-electron chi connectivity index (χ4n) is 1.22. The number of carbonyl (C=O) groups excluding carboxylic acids is 1. The molecule has 100 valence electrons. The molecule has 0 aromatic carbocycles. The van der Waals surface area contributed by atoms with Gasteiger partial charge in [-0.15, -0.1) is 0 Å². The Morgan fingerprint density at radius 1 is 1.29 bits per heavy atom. The minimum Gasteiger partial charge on any atom is -0.443 e. The van der Waals surface area contributed by atoms with Crippen LogP contribution in [-0.4, -0.2) is 35.6 Å². The first-order valence-corrected chi connectivity index (χ1v) is 5.82. The zero-order chi connectivity index (χ0) is 13.5. The number of nitrogens with zero attached hydrogens (tertiary/aromatic N) is 1. The van der Waals surface area contributed by atoms with E-state index < -0.39 is 11.7 Å². The Morgan fingerprint density at radius 2 is 1.88 bits per heavy atom. The van der Waals surface area contributed by atoms with Gasteiger partial charge < -0.3 is 16.2 Å². The summed E-state index contributed by atoms with van der Waals surface area (Å²) in [5.41, 5.74) is 10.1. The highest BCUT2D eigenvalue weighted by atomic mass is 16.6. The van der Waals surface area contributed by atoms with Gasteiger partial charge in [0.2, 0.25) is 0 Å². The Labute approximate surface area is 103 Å². The van der Waals surface area contributed by atoms with Crippen molar-refractivity contribution in [1.29, 1.82) is 5.41 Å². The molecule has 0 aliphatic carbocycles. The van der Waals surface area contributed by atoms with Crippen LogP contribution in [0.4, 0.5) is 4.79 Å². The van der Waals surface area contributed by atoms with E-state index >= 15 is 0 Å². The van der Waals surface area contributed by atoms with E-state index in [1.807, 2.05) is 0 Å². The highest BCUT2D eigenvalue weighted by Crippen LogP contribution is 2.10. The van der Waals surface area contributed by atoms with Crippen molar-refractivity contribution in [2.24, 2.45) is 11.5 Å². The van der Waals surface area contributed by atoms with Gasteiger partial charge in [-0.1, -0.05) is 6.42 Å². The van der Waals surface area contributed by atoms with Gasteiger partial charge >= 0.3 is 6.09 Å². The van der Waals surface area contributed by atoms with Crippen LogP contribution in [0.5, 0.6) is 0 Å². The fourth-order valence-corrected chi connectivity index (χ4v) is 1.22. The maximum Gasteiger partial charge on any atom is 0.417 e. The molecule has 0 heterocycles. The second kappa shape index (κ2) is 7.11. The molecule has 0 aliphatic heterocycles. The number of ether oxygens (including phenoxy) is 1. The van der Waals surface area contributed by atoms with Crippen LogP contribution in [0.25, 0.3) is 0 Å². The van der Waals surface area contributed by atoms with Crippen LogP contribution in [0.15, 0.2) is 0 Å². The van der Waals surface area contributed by atoms with Gasteiger partial charge in [-0.05, 0) is 40.2 Å². The molecular weight excluding hydrogens is 220 g/mol. The summed E-state index contributed by atoms with van der Waals surface area (Å²) in [7, 11) is 0. The van der Waals surface area contributed by atoms with Crippen LogP contribution in [0.1, 0.15) is 40.0 Å². The van der Waals surface area contributed by atoms with Crippen molar-refractivity contribution in [3.63, 3.8) is 0 Å². The highest BCUT2D eigenvalue weighted by Gasteiger charge is 2.23. The number of guanidine groups is 1. The summed E-state index contributed by atoms with van der Waals surface area (Å²) >= 11 is 0. The lowest BCUT2D eigenvalue weighted by Crippen LogP contribution is -2.44. The molecule has 0 fully saturated rings. The molecule has 0 aromatic heterocycles. The van der Waals surface area contributed by atoms with E-state index in [0.717, 1.165) is 24.2 Å². The molecule has 0 bridgehead atoms. The van der Waals surface area contributed by atoms with Gasteiger partial charge in [-0.3, -0.25) is 5.41 Å². The molecule has 5 N–H and O–H groups in total. The van der Waals surface area contributed by atoms with Crippen LogP contribution in [-0.2, 0) is 4.74 Å². The number of hydrogen-bond acceptors (Lipinski definition) is 4. The van der Waals surface area contributed by atoms with Crippen molar-refractivity contribution < 1.29 is 9.53 Å². The summed E-state index contributed by atoms with van der Waals surface area (Å²) < 4.78 is 5.16. The minimum absolute atomic E-state index is 0.285. The molecule has 0 aliphatic rings. The van der Waals surface area contributed by atoms with Crippen molar-refractivity contribution in [2.75, 3.05) is 13.1 Å². The summed E-state index contributed by atoms with van der Waals surface area (Å²) in [4.78, 5) is 12.9. The van der Waals surface area contributed by atoms with E-state index in [1.54, 1.807) is 20.8 Å². The quantitative estimate of drug-likeness (QED) is 0.384. The number of amides is 1. The Kier molecular flexibility index (Phi) is 6.57. The van der Waals surface area contributed by atoms with Crippen LogP contribution < -0.4 is 11.5 Å². The molecule has 0 rings (SSSR count). The Hall–Kier alpha value is -1.30. The lowest BCUT2D eigenvalue weighted by molar-refractivity contribution is 0.0365. The lowest BCUT2D eigenvalue weighted by atomic mass is 10.2. The number of unbranched alkanes of at least 4 members (excludes halogenated alkanes) is 2. The molecule has 0 radical (unpaired) electrons. The zero-order valence-corrected chi connectivity index (χ0v) is 11.0. The average molecular weight is 244 g/mol. The van der Waals surface area contributed by atoms with Crippen molar-refractivity contribution >= 4 is 12.1 Å². The van der Waals surface area contributed by atoms with Crippen molar-refractivity contribution in [2.45, 2.75) is 45.6 Å². The topological polar surface area (TPSA) is 105 Å². The Bertz CT molecular complexity index is 261. The number of carbonyl (C=O) groups is 1. The second-order valence-electron chi connectivity index (χ2n) is 4.87. The van der Waals surface area contributed by atoms with Crippen LogP contribution in [0.3, 0.4) is 0 Å². The van der Waals surface area contributed by atoms with Gasteiger partial charge in [0.15, 0.2) is 5.96 Å². The van der Waals surface area contributed by atoms with Crippen molar-refractivity contribution in [3.8, 4) is 0 Å². The molecule has 0 spiro atoms. The molecule has 0 atom stereocenters. The van der Waals surface area contributed by atoms with Crippen LogP contribution >= 0.6 is 0 Å². The normalized spacial score (nSPS) is 11.1. The molecule has 0 saturated carbocycles. The first-order valence-electron chi connectivity index (χ1n) is 5.82. The average Bonchev–Trinajstić information content (AvgIpc) is 2.14. The third-order valence-corrected chi connectivity index (χ3v) is 1.99. The predicted molar refractivity (Wildman–Crippen MR) is 67.8 cm³/mol. The Morgan fingerprint density at radius 3 is 2.29 bits per heavy atom. The molecule has 6 nitrogen and oxygen atoms in total. The first-order chi connectivity index (χ1) is 7.78. The molecule has 0 saturated heterocycles. The molecule has 17 heavy (non-hydrogen) atoms. The van der Waals surface area contributed by atoms with E-state index in [4.69, 9.17) is 21.6 Å². The smallest absolute Gasteiger partial charge is 0.417 e. The second-order valence-corrected chi connectivity index (χ2v) is 4.87. The van der Waals surface area contributed by atoms with Crippen molar-refractivity contribution in [3.05, 3.63) is 0 Å². The van der Waals surface area contributed by atoms with E-state index in [-0.39, 0.29) is 5.96 Å². The largest absolute Gasteiger partial charge is 0.443 e. The number of nitrogens with one attached hydrogen (secondary N) is 1. The number of hydrogen-bond donors (Lipinski definition) is 3. The predicted octanol–water partition coefficient (Wildman–Crippen LogP) is 1.25. The maximum absolute atomic E-state index is 11.7. The van der Waals surface area contributed by atoms with E-state index in [2.05, 4.69) is 0 Å². The van der Waals surface area contributed by atoms with Gasteiger partial charge in [0.1, 0.15) is 5.60 Å². The summed E-state index contributed by atoms with van der Waals surface area (Å²) in [5.74, 6) is -0.285. The summed E-state index contributed by atoms with van der Waals surface area (Å²) in [6, 6.07) is 0. The van der Waals surface area contributed by atoms with Crippen molar-refractivity contribution in [1.82, 2.24) is 4.90 Å². The van der Waals surface area contributed by atoms with Gasteiger partial charge in [-0.2, -0.15) is 0 Å². The maximum atomic E-state index is 11.7. The zero-order valence-electron chi connectivity index (χ0n) is 11.0. The monoisotopic (exact) mass is 244 g/mol. The third kappa shape index (κ3) is 7.57. The van der Waals surface area contributed by atoms with Crippen LogP contribution in [0, 0.1) is 5.41 Å². The molecule has 1 amide bonds. The standard InChI is InChI=1S/C11H24N4O2/c1-11(2,3)17-10(16)15(9(13)14)8-6-4-5-7-12/h4-8,12H2,1-3H3,(H3,13,14). The van der Waals surface area contributed by atoms with Crippen LogP contribution in [0.2, 0.25) is 0 Å². The number of nitrogens with two attached hydrogens (primary N) is 2. The minimum atomic E-state index is -0.581. The first kappa shape index (κ1) is 15.7. The van der Waals surface area contributed by atoms with Gasteiger partial charge in [0.25, 0.3) is 0 Å². The Balaban J connectivity index is 4.23. The van der Waals surface area contributed by atoms with Gasteiger partial charge in [0.05, 0.1) is 0 Å². The lowest BCUT2D eigenvalue weighted by Gasteiger charge is -2.26. The molecule has 0 aromatic rings. The van der Waals surface area contributed by atoms with E-state index in [0.29, 0.717) is 13.1 Å². The fraction of sp³-hybridized carbons (Fsp3) is 0.818. The number of rotatable bonds is 5. The third-order valence-electron chi connectivity index (χ3n) is 1.99. The van der Waals surface area contributed by atoms with Gasteiger partial charge in [0, 0.05) is 6.54 Å². The molecule has 0 unspecified atom stereocenters. The summed E-state index contributed by atoms with van der Waals surface area (Å²) in [6.07, 6.45) is 2.00. The SMILES string of the molecule is CC(C)(C)OC(=O)N(CCCCCN)C(=N)N. The molecule has 6 heteroatoms. The summed E-state index contributed by atoms with van der Waals surface area (Å²) in [5, 5.41) is 7.35.